The van der Waals surface area contributed by atoms with Crippen LogP contribution in [0.2, 0.25) is 0 Å². The predicted molar refractivity (Wildman–Crippen MR) is 129 cm³/mol. The van der Waals surface area contributed by atoms with Crippen LogP contribution < -0.4 is 0 Å². The molecule has 1 aliphatic carbocycles. The van der Waals surface area contributed by atoms with Crippen molar-refractivity contribution in [1.29, 1.82) is 0 Å². The van der Waals surface area contributed by atoms with Gasteiger partial charge in [0.2, 0.25) is 5.91 Å². The molecule has 4 rings (SSSR count). The zero-order valence-electron chi connectivity index (χ0n) is 20.4. The lowest BCUT2D eigenvalue weighted by molar-refractivity contribution is -0.140. The van der Waals surface area contributed by atoms with Gasteiger partial charge in [-0.3, -0.25) is 14.5 Å². The molecule has 2 fully saturated rings. The Labute approximate surface area is 200 Å². The summed E-state index contributed by atoms with van der Waals surface area (Å²) in [6.45, 7) is 8.34. The molecule has 0 spiro atoms. The van der Waals surface area contributed by atoms with Gasteiger partial charge in [-0.25, -0.2) is 8.78 Å². The molecular formula is C28H34F2N2O2. The molecule has 1 heterocycles. The summed E-state index contributed by atoms with van der Waals surface area (Å²) in [4.78, 5) is 30.0. The Bertz CT molecular complexity index is 1080. The van der Waals surface area contributed by atoms with Crippen LogP contribution in [0.5, 0.6) is 0 Å². The highest BCUT2D eigenvalue weighted by Gasteiger charge is 2.33. The molecule has 34 heavy (non-hydrogen) atoms. The Morgan fingerprint density at radius 2 is 1.71 bits per heavy atom. The fourth-order valence-corrected chi connectivity index (χ4v) is 5.48. The van der Waals surface area contributed by atoms with Gasteiger partial charge in [0.25, 0.3) is 0 Å². The quantitative estimate of drug-likeness (QED) is 0.545. The number of carbonyl (C=O) groups is 2. The Kier molecular flexibility index (Phi) is 7.46. The Morgan fingerprint density at radius 3 is 2.41 bits per heavy atom. The molecule has 1 saturated carbocycles. The highest BCUT2D eigenvalue weighted by molar-refractivity contribution is 5.99. The van der Waals surface area contributed by atoms with Crippen molar-refractivity contribution in [1.82, 2.24) is 9.80 Å². The van der Waals surface area contributed by atoms with Crippen LogP contribution in [0.4, 0.5) is 8.78 Å². The molecular weight excluding hydrogens is 434 g/mol. The van der Waals surface area contributed by atoms with Crippen LogP contribution in [-0.4, -0.2) is 47.2 Å². The van der Waals surface area contributed by atoms with E-state index in [-0.39, 0.29) is 30.0 Å². The fourth-order valence-electron chi connectivity index (χ4n) is 5.48. The molecule has 2 aliphatic rings. The summed E-state index contributed by atoms with van der Waals surface area (Å²) in [5, 5.41) is 0. The number of carbonyl (C=O) groups excluding carboxylic acids is 2. The normalized spacial score (nSPS) is 19.6. The Morgan fingerprint density at radius 1 is 1.00 bits per heavy atom. The van der Waals surface area contributed by atoms with Gasteiger partial charge >= 0.3 is 0 Å². The van der Waals surface area contributed by atoms with Crippen LogP contribution >= 0.6 is 0 Å². The van der Waals surface area contributed by atoms with E-state index >= 15 is 0 Å². The average molecular weight is 469 g/mol. The maximum absolute atomic E-state index is 14.5. The van der Waals surface area contributed by atoms with Crippen molar-refractivity contribution in [2.24, 2.45) is 5.92 Å². The molecule has 2 aromatic rings. The van der Waals surface area contributed by atoms with Gasteiger partial charge in [-0.2, -0.15) is 0 Å². The van der Waals surface area contributed by atoms with Crippen molar-refractivity contribution >= 4 is 11.7 Å². The molecule has 1 atom stereocenters. The van der Waals surface area contributed by atoms with Crippen molar-refractivity contribution in [2.75, 3.05) is 19.6 Å². The van der Waals surface area contributed by atoms with Gasteiger partial charge in [-0.15, -0.1) is 0 Å². The monoisotopic (exact) mass is 468 g/mol. The first-order valence-corrected chi connectivity index (χ1v) is 12.3. The number of rotatable bonds is 6. The summed E-state index contributed by atoms with van der Waals surface area (Å²) in [7, 11) is 0. The third kappa shape index (κ3) is 5.22. The van der Waals surface area contributed by atoms with Crippen LogP contribution in [0.25, 0.3) is 0 Å². The SMILES string of the molecule is Cc1c(CC(=O)c2cccc(F)c2C)cc(F)cc1CN1CCN(C(=O)C2CCCC2)[C@@H](C)C1. The summed E-state index contributed by atoms with van der Waals surface area (Å²) >= 11 is 0. The molecule has 2 aromatic carbocycles. The van der Waals surface area contributed by atoms with Crippen molar-refractivity contribution < 1.29 is 18.4 Å². The number of hydrogen-bond donors (Lipinski definition) is 0. The number of piperazine rings is 1. The van der Waals surface area contributed by atoms with Crippen molar-refractivity contribution in [2.45, 2.75) is 65.5 Å². The highest BCUT2D eigenvalue weighted by atomic mass is 19.1. The van der Waals surface area contributed by atoms with E-state index in [0.29, 0.717) is 35.7 Å². The van der Waals surface area contributed by atoms with E-state index in [9.17, 15) is 18.4 Å². The van der Waals surface area contributed by atoms with Gasteiger partial charge in [0, 0.05) is 50.1 Å². The minimum Gasteiger partial charge on any atom is -0.337 e. The predicted octanol–water partition coefficient (Wildman–Crippen LogP) is 5.23. The fraction of sp³-hybridized carbons (Fsp3) is 0.500. The number of ketones is 1. The minimum atomic E-state index is -0.415. The molecule has 1 saturated heterocycles. The first-order chi connectivity index (χ1) is 16.2. The second-order valence-electron chi connectivity index (χ2n) is 9.96. The lowest BCUT2D eigenvalue weighted by Crippen LogP contribution is -2.54. The number of benzene rings is 2. The summed E-state index contributed by atoms with van der Waals surface area (Å²) in [5.41, 5.74) is 3.03. The van der Waals surface area contributed by atoms with Gasteiger partial charge in [0.1, 0.15) is 11.6 Å². The number of Topliss-reactive ketones (excluding diaryl/α,β-unsaturated/α-hetero) is 1. The van der Waals surface area contributed by atoms with E-state index in [0.717, 1.165) is 49.9 Å². The van der Waals surface area contributed by atoms with E-state index in [4.69, 9.17) is 0 Å². The maximum Gasteiger partial charge on any atom is 0.226 e. The van der Waals surface area contributed by atoms with Gasteiger partial charge in [0.05, 0.1) is 0 Å². The van der Waals surface area contributed by atoms with E-state index < -0.39 is 5.82 Å². The van der Waals surface area contributed by atoms with Gasteiger partial charge in [-0.1, -0.05) is 25.0 Å². The molecule has 4 nitrogen and oxygen atoms in total. The summed E-state index contributed by atoms with van der Waals surface area (Å²) < 4.78 is 28.4. The number of halogens is 2. The lowest BCUT2D eigenvalue weighted by Gasteiger charge is -2.41. The largest absolute Gasteiger partial charge is 0.337 e. The van der Waals surface area contributed by atoms with Crippen molar-refractivity contribution in [3.63, 3.8) is 0 Å². The highest BCUT2D eigenvalue weighted by Crippen LogP contribution is 2.28. The first-order valence-electron chi connectivity index (χ1n) is 12.3. The molecule has 0 aromatic heterocycles. The van der Waals surface area contributed by atoms with Crippen LogP contribution in [0, 0.1) is 31.4 Å². The Hall–Kier alpha value is -2.60. The average Bonchev–Trinajstić information content (AvgIpc) is 3.33. The topological polar surface area (TPSA) is 40.6 Å². The van der Waals surface area contributed by atoms with Crippen LogP contribution in [0.1, 0.15) is 65.2 Å². The lowest BCUT2D eigenvalue weighted by atomic mass is 9.94. The van der Waals surface area contributed by atoms with Crippen molar-refractivity contribution in [3.05, 3.63) is 69.8 Å². The molecule has 0 bridgehead atoms. The standard InChI is InChI=1S/C28H34F2N2O2/c1-18-16-31(11-12-32(18)28(34)21-7-4-5-8-21)17-23-14-24(29)13-22(19(23)2)15-27(33)25-9-6-10-26(30)20(25)3/h6,9-10,13-14,18,21H,4-5,7-8,11-12,15-17H2,1-3H3/t18-/m0/s1. The van der Waals surface area contributed by atoms with E-state index in [1.807, 2.05) is 11.8 Å². The third-order valence-electron chi connectivity index (χ3n) is 7.60. The van der Waals surface area contributed by atoms with Crippen LogP contribution in [0.3, 0.4) is 0 Å². The van der Waals surface area contributed by atoms with E-state index in [2.05, 4.69) is 11.8 Å². The number of hydrogen-bond acceptors (Lipinski definition) is 3. The molecule has 1 amide bonds. The first kappa shape index (κ1) is 24.5. The number of amides is 1. The van der Waals surface area contributed by atoms with Gasteiger partial charge in [-0.05, 0) is 74.1 Å². The zero-order valence-corrected chi connectivity index (χ0v) is 20.4. The molecule has 0 radical (unpaired) electrons. The summed E-state index contributed by atoms with van der Waals surface area (Å²) in [6.07, 6.45) is 4.33. The van der Waals surface area contributed by atoms with Gasteiger partial charge < -0.3 is 4.90 Å². The Balaban J connectivity index is 1.44. The summed E-state index contributed by atoms with van der Waals surface area (Å²) in [5.74, 6) is -0.532. The second kappa shape index (κ2) is 10.3. The minimum absolute atomic E-state index is 0.0287. The van der Waals surface area contributed by atoms with E-state index in [1.165, 1.54) is 24.3 Å². The zero-order chi connectivity index (χ0) is 24.4. The molecule has 1 aliphatic heterocycles. The maximum atomic E-state index is 14.5. The molecule has 6 heteroatoms. The third-order valence-corrected chi connectivity index (χ3v) is 7.60. The van der Waals surface area contributed by atoms with Crippen molar-refractivity contribution in [3.8, 4) is 0 Å². The number of nitrogens with zero attached hydrogens (tertiary/aromatic N) is 2. The summed E-state index contributed by atoms with van der Waals surface area (Å²) in [6, 6.07) is 7.54. The molecule has 182 valence electrons. The van der Waals surface area contributed by atoms with Crippen LogP contribution in [0.15, 0.2) is 30.3 Å². The van der Waals surface area contributed by atoms with Gasteiger partial charge in [0.15, 0.2) is 5.78 Å². The smallest absolute Gasteiger partial charge is 0.226 e. The van der Waals surface area contributed by atoms with E-state index in [1.54, 1.807) is 13.0 Å². The van der Waals surface area contributed by atoms with Crippen LogP contribution in [-0.2, 0) is 17.8 Å². The molecule has 0 N–H and O–H groups in total. The second-order valence-corrected chi connectivity index (χ2v) is 9.96. The molecule has 0 unspecified atom stereocenters.